The van der Waals surface area contributed by atoms with Crippen molar-refractivity contribution in [3.05, 3.63) is 126 Å². The number of benzene rings is 4. The molecule has 0 fully saturated rings. The summed E-state index contributed by atoms with van der Waals surface area (Å²) in [4.78, 5) is 23.1. The number of nitrogens with one attached hydrogen (secondary N) is 1. The van der Waals surface area contributed by atoms with Crippen molar-refractivity contribution in [1.82, 2.24) is 0 Å². The highest BCUT2D eigenvalue weighted by atomic mass is 79.9. The van der Waals surface area contributed by atoms with E-state index in [4.69, 9.17) is 14.2 Å². The molecular weight excluding hydrogens is 682 g/mol. The van der Waals surface area contributed by atoms with Gasteiger partial charge in [0.05, 0.1) is 20.5 Å². The number of hydrogen-bond acceptors (Lipinski definition) is 7. The minimum absolute atomic E-state index is 0.176. The fourth-order valence-corrected chi connectivity index (χ4v) is 5.38. The van der Waals surface area contributed by atoms with Crippen LogP contribution in [0.25, 0.3) is 6.08 Å². The number of nitro groups is 1. The van der Waals surface area contributed by atoms with Crippen LogP contribution in [0.4, 0.5) is 11.4 Å². The Morgan fingerprint density at radius 1 is 0.907 bits per heavy atom. The van der Waals surface area contributed by atoms with Gasteiger partial charge in [0.2, 0.25) is 0 Å². The van der Waals surface area contributed by atoms with Crippen molar-refractivity contribution < 1.29 is 23.9 Å². The van der Waals surface area contributed by atoms with Crippen molar-refractivity contribution in [2.45, 2.75) is 20.1 Å². The van der Waals surface area contributed by atoms with Crippen LogP contribution in [-0.4, -0.2) is 17.4 Å². The van der Waals surface area contributed by atoms with E-state index in [-0.39, 0.29) is 23.6 Å². The zero-order valence-corrected chi connectivity index (χ0v) is 26.1. The topological polar surface area (TPSA) is 124 Å². The Bertz CT molecular complexity index is 1680. The number of nitrogens with zero attached hydrogens (tertiary/aromatic N) is 2. The minimum atomic E-state index is -0.697. The summed E-state index contributed by atoms with van der Waals surface area (Å²) in [6.07, 6.45) is 1.41. The second-order valence-corrected chi connectivity index (χ2v) is 10.7. The van der Waals surface area contributed by atoms with Gasteiger partial charge in [0.15, 0.2) is 11.5 Å². The molecule has 0 aromatic heterocycles. The first kappa shape index (κ1) is 31.3. The molecule has 0 saturated heterocycles. The number of rotatable bonds is 12. The predicted octanol–water partition coefficient (Wildman–Crippen LogP) is 8.22. The van der Waals surface area contributed by atoms with E-state index in [1.165, 1.54) is 30.3 Å². The van der Waals surface area contributed by atoms with Gasteiger partial charge in [-0.15, -0.1) is 0 Å². The Balaban J connectivity index is 1.45. The third-order valence-electron chi connectivity index (χ3n) is 5.94. The molecule has 43 heavy (non-hydrogen) atoms. The lowest BCUT2D eigenvalue weighted by atomic mass is 10.1. The molecule has 11 heteroatoms. The lowest BCUT2D eigenvalue weighted by Gasteiger charge is -2.15. The fraction of sp³-hybridized carbons (Fsp3) is 0.125. The monoisotopic (exact) mass is 705 g/mol. The number of amides is 1. The molecule has 0 radical (unpaired) electrons. The van der Waals surface area contributed by atoms with E-state index in [2.05, 4.69) is 37.2 Å². The average Bonchev–Trinajstić information content (AvgIpc) is 2.99. The number of anilines is 1. The van der Waals surface area contributed by atoms with Gasteiger partial charge < -0.3 is 19.5 Å². The number of nitro benzene ring substituents is 1. The maximum Gasteiger partial charge on any atom is 0.271 e. The molecule has 4 aromatic carbocycles. The van der Waals surface area contributed by atoms with Crippen LogP contribution in [0, 0.1) is 21.4 Å². The van der Waals surface area contributed by atoms with Gasteiger partial charge >= 0.3 is 0 Å². The van der Waals surface area contributed by atoms with Gasteiger partial charge in [-0.3, -0.25) is 14.9 Å². The van der Waals surface area contributed by atoms with E-state index in [1.807, 2.05) is 61.5 Å². The Hall–Kier alpha value is -4.66. The first-order chi connectivity index (χ1) is 20.8. The van der Waals surface area contributed by atoms with Gasteiger partial charge in [0.1, 0.15) is 30.6 Å². The average molecular weight is 707 g/mol. The van der Waals surface area contributed by atoms with Crippen molar-refractivity contribution in [3.63, 3.8) is 0 Å². The summed E-state index contributed by atoms with van der Waals surface area (Å²) in [6.45, 7) is 3.04. The van der Waals surface area contributed by atoms with E-state index in [0.717, 1.165) is 11.1 Å². The number of ether oxygens (including phenoxy) is 3. The SMILES string of the molecule is CCOc1cc(COc2c(Br)cc(/C=C(/C#N)C(=O)Nc3cccc([N+](=O)[O-])c3)cc2Br)ccc1OCc1ccccc1. The molecule has 4 rings (SSSR count). The van der Waals surface area contributed by atoms with Gasteiger partial charge in [-0.2, -0.15) is 5.26 Å². The molecule has 0 aliphatic carbocycles. The van der Waals surface area contributed by atoms with E-state index >= 15 is 0 Å². The summed E-state index contributed by atoms with van der Waals surface area (Å²) in [5.74, 6) is 1.08. The summed E-state index contributed by atoms with van der Waals surface area (Å²) in [6, 6.07) is 26.3. The molecule has 0 bridgehead atoms. The number of halogens is 2. The maximum absolute atomic E-state index is 12.7. The summed E-state index contributed by atoms with van der Waals surface area (Å²) in [7, 11) is 0. The van der Waals surface area contributed by atoms with Crippen molar-refractivity contribution in [3.8, 4) is 23.3 Å². The van der Waals surface area contributed by atoms with Gasteiger partial charge in [-0.25, -0.2) is 0 Å². The van der Waals surface area contributed by atoms with E-state index in [9.17, 15) is 20.2 Å². The molecule has 0 aliphatic rings. The lowest BCUT2D eigenvalue weighted by Crippen LogP contribution is -2.13. The highest BCUT2D eigenvalue weighted by Gasteiger charge is 2.15. The molecule has 1 amide bonds. The third-order valence-corrected chi connectivity index (χ3v) is 7.12. The third kappa shape index (κ3) is 8.67. The zero-order chi connectivity index (χ0) is 30.8. The second-order valence-electron chi connectivity index (χ2n) is 9.02. The largest absolute Gasteiger partial charge is 0.490 e. The highest BCUT2D eigenvalue weighted by Crippen LogP contribution is 2.37. The van der Waals surface area contributed by atoms with Crippen molar-refractivity contribution in [2.75, 3.05) is 11.9 Å². The van der Waals surface area contributed by atoms with Gasteiger partial charge in [-0.05, 0) is 91.9 Å². The molecule has 4 aromatic rings. The summed E-state index contributed by atoms with van der Waals surface area (Å²) in [5.41, 5.74) is 2.31. The number of carbonyl (C=O) groups is 1. The highest BCUT2D eigenvalue weighted by molar-refractivity contribution is 9.11. The number of nitriles is 1. The molecule has 218 valence electrons. The number of carbonyl (C=O) groups excluding carboxylic acids is 1. The van der Waals surface area contributed by atoms with Crippen LogP contribution in [0.3, 0.4) is 0 Å². The Labute approximate surface area is 265 Å². The standard InChI is InChI=1S/C32H25Br2N3O6/c1-2-41-30-16-22(11-12-29(30)42-19-21-7-4-3-5-8-21)20-43-31-27(33)14-23(15-28(31)34)13-24(18-35)32(38)36-25-9-6-10-26(17-25)37(39)40/h3-17H,2,19-20H2,1H3,(H,36,38)/b24-13-. The van der Waals surface area contributed by atoms with Gasteiger partial charge in [0, 0.05) is 17.8 Å². The molecule has 1 N–H and O–H groups in total. The number of hydrogen-bond donors (Lipinski definition) is 1. The van der Waals surface area contributed by atoms with Crippen LogP contribution in [0.2, 0.25) is 0 Å². The normalized spacial score (nSPS) is 10.9. The van der Waals surface area contributed by atoms with Crippen LogP contribution >= 0.6 is 31.9 Å². The number of non-ortho nitro benzene ring substituents is 1. The van der Waals surface area contributed by atoms with Crippen LogP contribution in [0.15, 0.2) is 99.4 Å². The van der Waals surface area contributed by atoms with Crippen LogP contribution in [0.1, 0.15) is 23.6 Å². The summed E-state index contributed by atoms with van der Waals surface area (Å²) >= 11 is 7.03. The summed E-state index contributed by atoms with van der Waals surface area (Å²) < 4.78 is 19.1. The Morgan fingerprint density at radius 2 is 1.63 bits per heavy atom. The second kappa shape index (κ2) is 15.0. The molecule has 0 aliphatic heterocycles. The Kier molecular flexibility index (Phi) is 10.9. The lowest BCUT2D eigenvalue weighted by molar-refractivity contribution is -0.384. The molecule has 0 saturated carbocycles. The van der Waals surface area contributed by atoms with Crippen LogP contribution in [-0.2, 0) is 18.0 Å². The van der Waals surface area contributed by atoms with Crippen LogP contribution < -0.4 is 19.5 Å². The molecular formula is C32H25Br2N3O6. The first-order valence-corrected chi connectivity index (χ1v) is 14.6. The van der Waals surface area contributed by atoms with Gasteiger partial charge in [-0.1, -0.05) is 42.5 Å². The van der Waals surface area contributed by atoms with Gasteiger partial charge in [0.25, 0.3) is 11.6 Å². The van der Waals surface area contributed by atoms with E-state index in [1.54, 1.807) is 12.1 Å². The molecule has 0 atom stereocenters. The minimum Gasteiger partial charge on any atom is -0.490 e. The molecule has 9 nitrogen and oxygen atoms in total. The quantitative estimate of drug-likeness (QED) is 0.0681. The van der Waals surface area contributed by atoms with Crippen molar-refractivity contribution in [2.24, 2.45) is 0 Å². The van der Waals surface area contributed by atoms with E-state index < -0.39 is 10.8 Å². The predicted molar refractivity (Wildman–Crippen MR) is 170 cm³/mol. The zero-order valence-electron chi connectivity index (χ0n) is 22.9. The Morgan fingerprint density at radius 3 is 2.30 bits per heavy atom. The molecule has 0 heterocycles. The smallest absolute Gasteiger partial charge is 0.271 e. The molecule has 0 unspecified atom stereocenters. The summed E-state index contributed by atoms with van der Waals surface area (Å²) in [5, 5.41) is 23.1. The van der Waals surface area contributed by atoms with Crippen molar-refractivity contribution in [1.29, 1.82) is 5.26 Å². The first-order valence-electron chi connectivity index (χ1n) is 13.0. The van der Waals surface area contributed by atoms with Crippen LogP contribution in [0.5, 0.6) is 17.2 Å². The van der Waals surface area contributed by atoms with Crippen molar-refractivity contribution >= 4 is 55.2 Å². The molecule has 0 spiro atoms. The van der Waals surface area contributed by atoms with E-state index in [0.29, 0.717) is 45.0 Å². The fourth-order valence-electron chi connectivity index (χ4n) is 3.93. The maximum atomic E-state index is 12.7.